The Morgan fingerprint density at radius 1 is 1.08 bits per heavy atom. The Kier molecular flexibility index (Phi) is 8.41. The highest BCUT2D eigenvalue weighted by atomic mass is 35.5. The van der Waals surface area contributed by atoms with E-state index in [1.807, 2.05) is 60.8 Å². The van der Waals surface area contributed by atoms with Gasteiger partial charge in [-0.3, -0.25) is 14.7 Å². The summed E-state index contributed by atoms with van der Waals surface area (Å²) < 4.78 is 7.00. The number of H-pyrrole nitrogens is 1. The zero-order valence-electron chi connectivity index (χ0n) is 21.9. The molecule has 1 atom stereocenters. The molecule has 1 unspecified atom stereocenters. The van der Waals surface area contributed by atoms with Crippen molar-refractivity contribution in [3.63, 3.8) is 0 Å². The van der Waals surface area contributed by atoms with Crippen molar-refractivity contribution in [1.29, 1.82) is 0 Å². The molecular formula is C29H30ClN7O2. The van der Waals surface area contributed by atoms with Gasteiger partial charge in [-0.05, 0) is 69.3 Å². The van der Waals surface area contributed by atoms with Crippen LogP contribution in [0.1, 0.15) is 41.0 Å². The lowest BCUT2D eigenvalue weighted by Crippen LogP contribution is -2.35. The number of ether oxygens (including phenoxy) is 1. The fourth-order valence-electron chi connectivity index (χ4n) is 4.75. The van der Waals surface area contributed by atoms with Crippen LogP contribution in [0.15, 0.2) is 77.9 Å². The first-order chi connectivity index (χ1) is 19.1. The Hall–Kier alpha value is -3.92. The number of hydrogen-bond acceptors (Lipinski definition) is 7. The second-order valence-corrected chi connectivity index (χ2v) is 9.75. The van der Waals surface area contributed by atoms with E-state index in [1.165, 1.54) is 5.56 Å². The summed E-state index contributed by atoms with van der Waals surface area (Å²) in [5, 5.41) is 14.2. The van der Waals surface area contributed by atoms with E-state index >= 15 is 0 Å². The second kappa shape index (κ2) is 12.3. The monoisotopic (exact) mass is 543 g/mol. The molecular weight excluding hydrogens is 514 g/mol. The summed E-state index contributed by atoms with van der Waals surface area (Å²) >= 11 is 6.62. The van der Waals surface area contributed by atoms with Gasteiger partial charge in [0.1, 0.15) is 6.04 Å². The van der Waals surface area contributed by atoms with E-state index in [2.05, 4.69) is 43.4 Å². The Labute approximate surface area is 231 Å². The molecule has 3 aromatic heterocycles. The lowest BCUT2D eigenvalue weighted by Gasteiger charge is -2.31. The zero-order chi connectivity index (χ0) is 27.2. The molecule has 0 fully saturated rings. The van der Waals surface area contributed by atoms with Crippen molar-refractivity contribution >= 4 is 22.5 Å². The Morgan fingerprint density at radius 3 is 2.72 bits per heavy atom. The van der Waals surface area contributed by atoms with Crippen LogP contribution < -0.4 is 5.56 Å². The fourth-order valence-corrected chi connectivity index (χ4v) is 4.95. The summed E-state index contributed by atoms with van der Waals surface area (Å²) in [7, 11) is 1.63. The van der Waals surface area contributed by atoms with Gasteiger partial charge in [-0.15, -0.1) is 5.10 Å². The second-order valence-electron chi connectivity index (χ2n) is 9.34. The Morgan fingerprint density at radius 2 is 1.95 bits per heavy atom. The molecule has 200 valence electrons. The predicted molar refractivity (Wildman–Crippen MR) is 150 cm³/mol. The van der Waals surface area contributed by atoms with Crippen molar-refractivity contribution < 1.29 is 4.74 Å². The van der Waals surface area contributed by atoms with E-state index in [1.54, 1.807) is 18.0 Å². The van der Waals surface area contributed by atoms with Gasteiger partial charge in [-0.2, -0.15) is 0 Å². The summed E-state index contributed by atoms with van der Waals surface area (Å²) in [5.41, 5.74) is 4.22. The summed E-state index contributed by atoms with van der Waals surface area (Å²) in [6.45, 7) is 3.90. The van der Waals surface area contributed by atoms with Gasteiger partial charge in [0.05, 0.1) is 13.2 Å². The average Bonchev–Trinajstić information content (AvgIpc) is 3.41. The molecule has 0 amide bonds. The van der Waals surface area contributed by atoms with Crippen LogP contribution in [-0.2, 0) is 30.8 Å². The van der Waals surface area contributed by atoms with E-state index in [9.17, 15) is 4.79 Å². The number of rotatable bonds is 11. The molecule has 0 aliphatic carbocycles. The number of pyridine rings is 2. The summed E-state index contributed by atoms with van der Waals surface area (Å²) in [5.74, 6) is 0.541. The van der Waals surface area contributed by atoms with E-state index in [-0.39, 0.29) is 5.56 Å². The molecule has 0 aliphatic rings. The maximum Gasteiger partial charge on any atom is 0.253 e. The number of aromatic nitrogens is 6. The fraction of sp³-hybridized carbons (Fsp3) is 0.276. The molecule has 5 rings (SSSR count). The molecule has 1 N–H and O–H groups in total. The molecule has 0 saturated heterocycles. The molecule has 9 nitrogen and oxygen atoms in total. The number of hydrogen-bond donors (Lipinski definition) is 1. The van der Waals surface area contributed by atoms with Crippen LogP contribution in [0.4, 0.5) is 0 Å². The van der Waals surface area contributed by atoms with Crippen molar-refractivity contribution in [2.45, 2.75) is 39.0 Å². The highest BCUT2D eigenvalue weighted by Gasteiger charge is 2.31. The van der Waals surface area contributed by atoms with Crippen molar-refractivity contribution in [2.24, 2.45) is 0 Å². The van der Waals surface area contributed by atoms with Gasteiger partial charge in [0, 0.05) is 48.7 Å². The van der Waals surface area contributed by atoms with Crippen molar-refractivity contribution in [3.8, 4) is 0 Å². The molecule has 2 aromatic carbocycles. The minimum Gasteiger partial charge on any atom is -0.383 e. The first-order valence-corrected chi connectivity index (χ1v) is 13.2. The molecule has 0 saturated carbocycles. The van der Waals surface area contributed by atoms with E-state index < -0.39 is 6.04 Å². The highest BCUT2D eigenvalue weighted by Crippen LogP contribution is 2.31. The lowest BCUT2D eigenvalue weighted by atomic mass is 10.0. The van der Waals surface area contributed by atoms with E-state index in [0.717, 1.165) is 28.5 Å². The van der Waals surface area contributed by atoms with Crippen molar-refractivity contribution in [2.75, 3.05) is 13.7 Å². The van der Waals surface area contributed by atoms with E-state index in [4.69, 9.17) is 16.3 Å². The van der Waals surface area contributed by atoms with Gasteiger partial charge in [-0.25, -0.2) is 4.68 Å². The van der Waals surface area contributed by atoms with Gasteiger partial charge in [0.25, 0.3) is 5.56 Å². The Bertz CT molecular complexity index is 1600. The van der Waals surface area contributed by atoms with Crippen LogP contribution in [-0.4, -0.2) is 48.8 Å². The summed E-state index contributed by atoms with van der Waals surface area (Å²) in [4.78, 5) is 23.3. The van der Waals surface area contributed by atoms with Crippen LogP contribution >= 0.6 is 11.6 Å². The quantitative estimate of drug-likeness (QED) is 0.260. The number of aryl methyl sites for hydroxylation is 1. The van der Waals surface area contributed by atoms with Gasteiger partial charge in [0.15, 0.2) is 5.82 Å². The molecule has 10 heteroatoms. The molecule has 3 heterocycles. The highest BCUT2D eigenvalue weighted by molar-refractivity contribution is 6.31. The number of benzene rings is 2. The zero-order valence-corrected chi connectivity index (χ0v) is 22.7. The van der Waals surface area contributed by atoms with Crippen LogP contribution in [0, 0.1) is 0 Å². The number of methoxy groups -OCH3 is 1. The van der Waals surface area contributed by atoms with Gasteiger partial charge >= 0.3 is 0 Å². The maximum absolute atomic E-state index is 13.7. The summed E-state index contributed by atoms with van der Waals surface area (Å²) in [6, 6.07) is 19.1. The van der Waals surface area contributed by atoms with Gasteiger partial charge < -0.3 is 9.72 Å². The number of nitrogens with zero attached hydrogens (tertiary/aromatic N) is 6. The largest absolute Gasteiger partial charge is 0.383 e. The molecule has 0 spiro atoms. The van der Waals surface area contributed by atoms with Crippen molar-refractivity contribution in [1.82, 2.24) is 35.1 Å². The lowest BCUT2D eigenvalue weighted by molar-refractivity contribution is 0.169. The van der Waals surface area contributed by atoms with Gasteiger partial charge in [-0.1, -0.05) is 48.9 Å². The molecule has 0 bridgehead atoms. The molecule has 39 heavy (non-hydrogen) atoms. The predicted octanol–water partition coefficient (Wildman–Crippen LogP) is 4.56. The number of tetrazole rings is 1. The Balaban J connectivity index is 1.70. The normalized spacial score (nSPS) is 12.3. The first kappa shape index (κ1) is 26.7. The minimum atomic E-state index is -0.591. The van der Waals surface area contributed by atoms with Gasteiger partial charge in [0.2, 0.25) is 0 Å². The van der Waals surface area contributed by atoms with Crippen LogP contribution in [0.3, 0.4) is 0 Å². The minimum absolute atomic E-state index is 0.201. The van der Waals surface area contributed by atoms with Crippen LogP contribution in [0.5, 0.6) is 0 Å². The number of nitrogens with one attached hydrogen (secondary N) is 1. The van der Waals surface area contributed by atoms with Crippen molar-refractivity contribution in [3.05, 3.63) is 117 Å². The summed E-state index contributed by atoms with van der Waals surface area (Å²) in [6.07, 6.45) is 4.45. The third kappa shape index (κ3) is 6.06. The third-order valence-electron chi connectivity index (χ3n) is 6.76. The maximum atomic E-state index is 13.7. The number of aromatic amines is 1. The topological polar surface area (TPSA) is 102 Å². The third-order valence-corrected chi connectivity index (χ3v) is 7.13. The number of fused-ring (bicyclic) bond motifs is 1. The smallest absolute Gasteiger partial charge is 0.253 e. The first-order valence-electron chi connectivity index (χ1n) is 12.8. The van der Waals surface area contributed by atoms with Crippen LogP contribution in [0.2, 0.25) is 5.02 Å². The SMILES string of the molecule is CCc1ccc2[nH]c(=O)c(C(c3nnnn3CCOC)N(Cc3cccnc3)Cc3ccccc3Cl)cc2c1. The molecule has 5 aromatic rings. The van der Waals surface area contributed by atoms with Crippen LogP contribution in [0.25, 0.3) is 10.9 Å². The van der Waals surface area contributed by atoms with E-state index in [0.29, 0.717) is 42.7 Å². The standard InChI is InChI=1S/C29H30ClN7O2/c1-3-20-10-11-26-23(15-20)16-24(29(38)32-26)27(28-33-34-35-37(28)13-14-39-2)36(18-21-7-6-12-31-17-21)19-22-8-4-5-9-25(22)30/h4-12,15-17,27H,3,13-14,18-19H2,1-2H3,(H,32,38). The average molecular weight is 544 g/mol. The molecule has 0 aliphatic heterocycles. The number of halogens is 1. The molecule has 0 radical (unpaired) electrons.